The molecule has 3 rings (SSSR count). The molecule has 2 aromatic rings. The van der Waals surface area contributed by atoms with Crippen molar-refractivity contribution in [1.82, 2.24) is 10.3 Å². The molecular formula is C18H22N2O2. The first kappa shape index (κ1) is 14.7. The number of H-pyrrole nitrogens is 1. The van der Waals surface area contributed by atoms with E-state index in [9.17, 15) is 4.79 Å². The second kappa shape index (κ2) is 6.69. The number of rotatable bonds is 5. The Morgan fingerprint density at radius 2 is 2.27 bits per heavy atom. The van der Waals surface area contributed by atoms with Crippen LogP contribution in [-0.2, 0) is 0 Å². The molecule has 0 fully saturated rings. The summed E-state index contributed by atoms with van der Waals surface area (Å²) in [6.45, 7) is 0.702. The fraction of sp³-hybridized carbons (Fsp3) is 0.389. The first-order valence-electron chi connectivity index (χ1n) is 7.89. The third-order valence-corrected chi connectivity index (χ3v) is 4.25. The van der Waals surface area contributed by atoms with Gasteiger partial charge in [0.05, 0.1) is 12.7 Å². The van der Waals surface area contributed by atoms with Gasteiger partial charge >= 0.3 is 0 Å². The lowest BCUT2D eigenvalue weighted by atomic mass is 9.97. The van der Waals surface area contributed by atoms with Crippen LogP contribution in [0.1, 0.15) is 42.5 Å². The monoisotopic (exact) mass is 298 g/mol. The Labute approximate surface area is 130 Å². The van der Waals surface area contributed by atoms with E-state index in [1.165, 1.54) is 31.3 Å². The predicted molar refractivity (Wildman–Crippen MR) is 88.4 cm³/mol. The van der Waals surface area contributed by atoms with Crippen LogP contribution >= 0.6 is 0 Å². The van der Waals surface area contributed by atoms with Gasteiger partial charge in [-0.2, -0.15) is 0 Å². The van der Waals surface area contributed by atoms with Gasteiger partial charge in [0.2, 0.25) is 0 Å². The van der Waals surface area contributed by atoms with Gasteiger partial charge in [-0.15, -0.1) is 0 Å². The van der Waals surface area contributed by atoms with Crippen molar-refractivity contribution < 1.29 is 9.53 Å². The number of nitrogens with one attached hydrogen (secondary N) is 2. The van der Waals surface area contributed by atoms with Crippen molar-refractivity contribution >= 4 is 16.8 Å². The SMILES string of the molecule is COc1ccc2c(C(=O)NCCC3=CCCCC3)c[nH]c2c1. The molecule has 2 N–H and O–H groups in total. The van der Waals surface area contributed by atoms with Crippen molar-refractivity contribution in [3.05, 3.63) is 41.6 Å². The van der Waals surface area contributed by atoms with Crippen LogP contribution in [0.3, 0.4) is 0 Å². The molecule has 0 saturated heterocycles. The second-order valence-electron chi connectivity index (χ2n) is 5.73. The number of ether oxygens (including phenoxy) is 1. The first-order chi connectivity index (χ1) is 10.8. The minimum absolute atomic E-state index is 0.0205. The Morgan fingerprint density at radius 1 is 1.36 bits per heavy atom. The number of allylic oxidation sites excluding steroid dienone is 1. The molecule has 0 atom stereocenters. The van der Waals surface area contributed by atoms with Crippen LogP contribution in [0.15, 0.2) is 36.0 Å². The molecule has 1 aliphatic carbocycles. The van der Waals surface area contributed by atoms with Crippen LogP contribution in [0.4, 0.5) is 0 Å². The number of aromatic nitrogens is 1. The van der Waals surface area contributed by atoms with Gasteiger partial charge in [0.25, 0.3) is 5.91 Å². The first-order valence-corrected chi connectivity index (χ1v) is 7.89. The number of carbonyl (C=O) groups is 1. The fourth-order valence-electron chi connectivity index (χ4n) is 2.98. The molecule has 1 aromatic carbocycles. The molecule has 1 heterocycles. The molecule has 1 aromatic heterocycles. The maximum Gasteiger partial charge on any atom is 0.253 e. The van der Waals surface area contributed by atoms with Crippen molar-refractivity contribution in [1.29, 1.82) is 0 Å². The third-order valence-electron chi connectivity index (χ3n) is 4.25. The van der Waals surface area contributed by atoms with Gasteiger partial charge < -0.3 is 15.0 Å². The van der Waals surface area contributed by atoms with Crippen LogP contribution in [-0.4, -0.2) is 24.5 Å². The van der Waals surface area contributed by atoms with Crippen LogP contribution in [0.25, 0.3) is 10.9 Å². The molecule has 116 valence electrons. The summed E-state index contributed by atoms with van der Waals surface area (Å²) in [5.74, 6) is 0.762. The number of aromatic amines is 1. The zero-order valence-corrected chi connectivity index (χ0v) is 12.9. The molecule has 22 heavy (non-hydrogen) atoms. The summed E-state index contributed by atoms with van der Waals surface area (Å²) in [5.41, 5.74) is 3.09. The quantitative estimate of drug-likeness (QED) is 0.825. The molecule has 1 aliphatic rings. The summed E-state index contributed by atoms with van der Waals surface area (Å²) in [5, 5.41) is 3.95. The molecule has 0 saturated carbocycles. The largest absolute Gasteiger partial charge is 0.497 e. The van der Waals surface area contributed by atoms with E-state index in [4.69, 9.17) is 4.74 Å². The zero-order valence-electron chi connectivity index (χ0n) is 12.9. The van der Waals surface area contributed by atoms with Gasteiger partial charge in [-0.25, -0.2) is 0 Å². The summed E-state index contributed by atoms with van der Waals surface area (Å²) in [6, 6.07) is 5.70. The number of amides is 1. The summed E-state index contributed by atoms with van der Waals surface area (Å²) in [4.78, 5) is 15.5. The predicted octanol–water partition coefficient (Wildman–Crippen LogP) is 3.80. The molecule has 4 nitrogen and oxygen atoms in total. The Balaban J connectivity index is 1.63. The van der Waals surface area contributed by atoms with Crippen LogP contribution in [0.2, 0.25) is 0 Å². The van der Waals surface area contributed by atoms with E-state index in [1.807, 2.05) is 18.2 Å². The average Bonchev–Trinajstić information content (AvgIpc) is 2.98. The Kier molecular flexibility index (Phi) is 4.47. The van der Waals surface area contributed by atoms with Gasteiger partial charge in [0.1, 0.15) is 5.75 Å². The highest BCUT2D eigenvalue weighted by Gasteiger charge is 2.12. The number of methoxy groups -OCH3 is 1. The molecular weight excluding hydrogens is 276 g/mol. The highest BCUT2D eigenvalue weighted by atomic mass is 16.5. The third kappa shape index (κ3) is 3.16. The Bertz CT molecular complexity index is 700. The van der Waals surface area contributed by atoms with E-state index < -0.39 is 0 Å². The minimum Gasteiger partial charge on any atom is -0.497 e. The number of hydrogen-bond acceptors (Lipinski definition) is 2. The lowest BCUT2D eigenvalue weighted by Crippen LogP contribution is -2.24. The fourth-order valence-corrected chi connectivity index (χ4v) is 2.98. The van der Waals surface area contributed by atoms with E-state index in [1.54, 1.807) is 13.3 Å². The molecule has 0 unspecified atom stereocenters. The van der Waals surface area contributed by atoms with Gasteiger partial charge in [-0.1, -0.05) is 11.6 Å². The van der Waals surface area contributed by atoms with E-state index >= 15 is 0 Å². The second-order valence-corrected chi connectivity index (χ2v) is 5.73. The Hall–Kier alpha value is -2.23. The normalized spacial score (nSPS) is 14.7. The van der Waals surface area contributed by atoms with E-state index in [0.717, 1.165) is 23.1 Å². The number of carbonyl (C=O) groups excluding carboxylic acids is 1. The summed E-state index contributed by atoms with van der Waals surface area (Å²) in [6.07, 6.45) is 10.0. The number of benzene rings is 1. The summed E-state index contributed by atoms with van der Waals surface area (Å²) >= 11 is 0. The van der Waals surface area contributed by atoms with Crippen molar-refractivity contribution in [2.75, 3.05) is 13.7 Å². The molecule has 4 heteroatoms. The minimum atomic E-state index is -0.0205. The van der Waals surface area contributed by atoms with Crippen molar-refractivity contribution in [3.8, 4) is 5.75 Å². The molecule has 0 bridgehead atoms. The smallest absolute Gasteiger partial charge is 0.253 e. The summed E-state index contributed by atoms with van der Waals surface area (Å²) in [7, 11) is 1.64. The standard InChI is InChI=1S/C18H22N2O2/c1-22-14-7-8-15-16(12-20-17(15)11-14)18(21)19-10-9-13-5-3-2-4-6-13/h5,7-8,11-12,20H,2-4,6,9-10H2,1H3,(H,19,21). The van der Waals surface area contributed by atoms with Gasteiger partial charge in [0.15, 0.2) is 0 Å². The van der Waals surface area contributed by atoms with Gasteiger partial charge in [-0.05, 0) is 44.2 Å². The summed E-state index contributed by atoms with van der Waals surface area (Å²) < 4.78 is 5.20. The van der Waals surface area contributed by atoms with Gasteiger partial charge in [-0.3, -0.25) is 4.79 Å². The molecule has 0 radical (unpaired) electrons. The maximum atomic E-state index is 12.3. The number of hydrogen-bond donors (Lipinski definition) is 2. The van der Waals surface area contributed by atoms with Crippen LogP contribution in [0, 0.1) is 0 Å². The van der Waals surface area contributed by atoms with Crippen LogP contribution < -0.4 is 10.1 Å². The highest BCUT2D eigenvalue weighted by molar-refractivity contribution is 6.06. The highest BCUT2D eigenvalue weighted by Crippen LogP contribution is 2.23. The van der Waals surface area contributed by atoms with Crippen molar-refractivity contribution in [2.24, 2.45) is 0 Å². The number of fused-ring (bicyclic) bond motifs is 1. The zero-order chi connectivity index (χ0) is 15.4. The lowest BCUT2D eigenvalue weighted by Gasteiger charge is -2.12. The van der Waals surface area contributed by atoms with E-state index in [0.29, 0.717) is 12.1 Å². The van der Waals surface area contributed by atoms with Crippen molar-refractivity contribution in [2.45, 2.75) is 32.1 Å². The average molecular weight is 298 g/mol. The van der Waals surface area contributed by atoms with Crippen molar-refractivity contribution in [3.63, 3.8) is 0 Å². The molecule has 0 spiro atoms. The molecule has 0 aliphatic heterocycles. The van der Waals surface area contributed by atoms with Crippen LogP contribution in [0.5, 0.6) is 5.75 Å². The maximum absolute atomic E-state index is 12.3. The van der Waals surface area contributed by atoms with Gasteiger partial charge in [0, 0.05) is 29.7 Å². The van der Waals surface area contributed by atoms with E-state index in [2.05, 4.69) is 16.4 Å². The topological polar surface area (TPSA) is 54.1 Å². The Morgan fingerprint density at radius 3 is 3.05 bits per heavy atom. The molecule has 1 amide bonds. The lowest BCUT2D eigenvalue weighted by molar-refractivity contribution is 0.0955. The van der Waals surface area contributed by atoms with E-state index in [-0.39, 0.29) is 5.91 Å².